The normalized spacial score (nSPS) is 16.5. The fraction of sp³-hybridized carbons (Fsp3) is 0.300. The molecular weight excluding hydrogens is 383 g/mol. The Kier molecular flexibility index (Phi) is 5.40. The van der Waals surface area contributed by atoms with Crippen LogP contribution in [0.4, 0.5) is 4.39 Å². The van der Waals surface area contributed by atoms with Crippen molar-refractivity contribution in [3.05, 3.63) is 53.1 Å². The molecular formula is C20H19FN2O4S. The summed E-state index contributed by atoms with van der Waals surface area (Å²) in [6, 6.07) is 11.7. The second-order valence-corrected chi connectivity index (χ2v) is 7.17. The van der Waals surface area contributed by atoms with Crippen LogP contribution >= 0.6 is 11.3 Å². The molecule has 1 atom stereocenters. The van der Waals surface area contributed by atoms with Crippen molar-refractivity contribution in [3.8, 4) is 11.5 Å². The number of hydrogen-bond donors (Lipinski definition) is 0. The van der Waals surface area contributed by atoms with Crippen LogP contribution in [-0.4, -0.2) is 36.4 Å². The topological polar surface area (TPSA) is 62.1 Å². The highest BCUT2D eigenvalue weighted by Gasteiger charge is 2.27. The van der Waals surface area contributed by atoms with Gasteiger partial charge in [-0.15, -0.1) is 0 Å². The predicted octanol–water partition coefficient (Wildman–Crippen LogP) is 3.15. The first kappa shape index (κ1) is 18.6. The third kappa shape index (κ3) is 3.79. The molecule has 6 nitrogen and oxygen atoms in total. The van der Waals surface area contributed by atoms with E-state index in [9.17, 15) is 9.18 Å². The maximum absolute atomic E-state index is 13.6. The average Bonchev–Trinajstić information content (AvgIpc) is 3.04. The third-order valence-electron chi connectivity index (χ3n) is 4.30. The number of para-hydroxylation sites is 2. The number of benzene rings is 2. The first-order chi connectivity index (χ1) is 13.7. The van der Waals surface area contributed by atoms with Crippen molar-refractivity contribution in [1.82, 2.24) is 4.57 Å². The molecule has 1 amide bonds. The van der Waals surface area contributed by atoms with E-state index in [0.717, 1.165) is 5.52 Å². The largest absolute Gasteiger partial charge is 0.485 e. The number of aromatic nitrogens is 1. The van der Waals surface area contributed by atoms with Gasteiger partial charge in [-0.2, -0.15) is 4.99 Å². The lowest BCUT2D eigenvalue weighted by Gasteiger charge is -2.23. The molecule has 1 aliphatic heterocycles. The highest BCUT2D eigenvalue weighted by molar-refractivity contribution is 7.16. The van der Waals surface area contributed by atoms with Crippen molar-refractivity contribution in [2.24, 2.45) is 4.99 Å². The monoisotopic (exact) mass is 402 g/mol. The zero-order chi connectivity index (χ0) is 19.5. The fourth-order valence-corrected chi connectivity index (χ4v) is 4.04. The summed E-state index contributed by atoms with van der Waals surface area (Å²) in [5.41, 5.74) is 0.809. The lowest BCUT2D eigenvalue weighted by atomic mass is 10.2. The van der Waals surface area contributed by atoms with Crippen LogP contribution in [0.25, 0.3) is 10.2 Å². The molecule has 1 aliphatic rings. The minimum absolute atomic E-state index is 0.0951. The zero-order valence-electron chi connectivity index (χ0n) is 15.3. The molecule has 1 aromatic heterocycles. The highest BCUT2D eigenvalue weighted by Crippen LogP contribution is 2.31. The van der Waals surface area contributed by atoms with E-state index >= 15 is 0 Å². The molecule has 0 saturated carbocycles. The molecule has 3 aromatic rings. The SMILES string of the molecule is CCOCCn1c(=NC(=O)[C@@H]2COc3ccccc3O2)sc2cc(F)ccc21. The molecule has 28 heavy (non-hydrogen) atoms. The molecule has 0 saturated heterocycles. The molecule has 0 aliphatic carbocycles. The van der Waals surface area contributed by atoms with Crippen LogP contribution in [0.15, 0.2) is 47.5 Å². The Hall–Kier alpha value is -2.71. The molecule has 0 fully saturated rings. The van der Waals surface area contributed by atoms with Gasteiger partial charge >= 0.3 is 0 Å². The first-order valence-corrected chi connectivity index (χ1v) is 9.81. The second kappa shape index (κ2) is 8.12. The number of rotatable bonds is 5. The van der Waals surface area contributed by atoms with E-state index in [1.54, 1.807) is 18.2 Å². The average molecular weight is 402 g/mol. The van der Waals surface area contributed by atoms with Crippen LogP contribution in [0.5, 0.6) is 11.5 Å². The Balaban J connectivity index is 1.66. The van der Waals surface area contributed by atoms with Crippen molar-refractivity contribution in [2.75, 3.05) is 19.8 Å². The van der Waals surface area contributed by atoms with Crippen molar-refractivity contribution in [3.63, 3.8) is 0 Å². The van der Waals surface area contributed by atoms with Crippen LogP contribution in [-0.2, 0) is 16.1 Å². The van der Waals surface area contributed by atoms with Gasteiger partial charge in [-0.3, -0.25) is 4.79 Å². The Morgan fingerprint density at radius 3 is 2.96 bits per heavy atom. The van der Waals surface area contributed by atoms with E-state index in [4.69, 9.17) is 14.2 Å². The molecule has 0 bridgehead atoms. The summed E-state index contributed by atoms with van der Waals surface area (Å²) in [5, 5.41) is 0. The lowest BCUT2D eigenvalue weighted by molar-refractivity contribution is -0.127. The Morgan fingerprint density at radius 2 is 2.14 bits per heavy atom. The van der Waals surface area contributed by atoms with E-state index in [-0.39, 0.29) is 12.4 Å². The summed E-state index contributed by atoms with van der Waals surface area (Å²) in [7, 11) is 0. The highest BCUT2D eigenvalue weighted by atomic mass is 32.1. The summed E-state index contributed by atoms with van der Waals surface area (Å²) in [6.07, 6.45) is -0.822. The number of fused-ring (bicyclic) bond motifs is 2. The Bertz CT molecular complexity index is 1080. The van der Waals surface area contributed by atoms with Crippen LogP contribution in [0.1, 0.15) is 6.92 Å². The molecule has 0 N–H and O–H groups in total. The van der Waals surface area contributed by atoms with Gasteiger partial charge in [-0.05, 0) is 37.3 Å². The number of ether oxygens (including phenoxy) is 3. The summed E-state index contributed by atoms with van der Waals surface area (Å²) in [4.78, 5) is 17.5. The number of hydrogen-bond acceptors (Lipinski definition) is 5. The maximum Gasteiger partial charge on any atom is 0.292 e. The maximum atomic E-state index is 13.6. The smallest absolute Gasteiger partial charge is 0.292 e. The number of amides is 1. The van der Waals surface area contributed by atoms with E-state index < -0.39 is 12.0 Å². The summed E-state index contributed by atoms with van der Waals surface area (Å²) < 4.78 is 33.0. The number of halogens is 1. The summed E-state index contributed by atoms with van der Waals surface area (Å²) in [6.45, 7) is 3.58. The molecule has 0 spiro atoms. The molecule has 2 heterocycles. The first-order valence-electron chi connectivity index (χ1n) is 8.99. The van der Waals surface area contributed by atoms with Crippen LogP contribution in [0.2, 0.25) is 0 Å². The minimum Gasteiger partial charge on any atom is -0.485 e. The Labute approximate surface area is 164 Å². The van der Waals surface area contributed by atoms with Gasteiger partial charge < -0.3 is 18.8 Å². The van der Waals surface area contributed by atoms with E-state index in [1.807, 2.05) is 23.6 Å². The number of carbonyl (C=O) groups is 1. The van der Waals surface area contributed by atoms with E-state index in [1.165, 1.54) is 23.5 Å². The van der Waals surface area contributed by atoms with Crippen LogP contribution in [0.3, 0.4) is 0 Å². The fourth-order valence-electron chi connectivity index (χ4n) is 2.96. The minimum atomic E-state index is -0.822. The molecule has 2 aromatic carbocycles. The van der Waals surface area contributed by atoms with Crippen molar-refractivity contribution < 1.29 is 23.4 Å². The van der Waals surface area contributed by atoms with Gasteiger partial charge in [0.1, 0.15) is 12.4 Å². The Morgan fingerprint density at radius 1 is 1.32 bits per heavy atom. The molecule has 0 radical (unpaired) electrons. The van der Waals surface area contributed by atoms with Gasteiger partial charge in [0.25, 0.3) is 5.91 Å². The lowest BCUT2D eigenvalue weighted by Crippen LogP contribution is -2.37. The van der Waals surface area contributed by atoms with Crippen molar-refractivity contribution >= 4 is 27.5 Å². The van der Waals surface area contributed by atoms with E-state index in [0.29, 0.717) is 40.8 Å². The zero-order valence-corrected chi connectivity index (χ0v) is 16.1. The van der Waals surface area contributed by atoms with Crippen molar-refractivity contribution in [1.29, 1.82) is 0 Å². The molecule has 4 rings (SSSR count). The van der Waals surface area contributed by atoms with Gasteiger partial charge in [0.05, 0.1) is 16.8 Å². The van der Waals surface area contributed by atoms with Gasteiger partial charge in [0.2, 0.25) is 6.10 Å². The number of nitrogens with zero attached hydrogens (tertiary/aromatic N) is 2. The van der Waals surface area contributed by atoms with E-state index in [2.05, 4.69) is 4.99 Å². The number of thiazole rings is 1. The van der Waals surface area contributed by atoms with Gasteiger partial charge in [-0.25, -0.2) is 4.39 Å². The van der Waals surface area contributed by atoms with Gasteiger partial charge in [0.15, 0.2) is 16.3 Å². The van der Waals surface area contributed by atoms with Crippen LogP contribution in [0, 0.1) is 5.82 Å². The number of carbonyl (C=O) groups excluding carboxylic acids is 1. The van der Waals surface area contributed by atoms with Gasteiger partial charge in [-0.1, -0.05) is 23.5 Å². The third-order valence-corrected chi connectivity index (χ3v) is 5.34. The standard InChI is InChI=1S/C20H19FN2O4S/c1-2-25-10-9-23-14-8-7-13(21)11-18(14)28-20(23)22-19(24)17-12-26-15-5-3-4-6-16(15)27-17/h3-8,11,17H,2,9-10,12H2,1H3/t17-/m0/s1. The molecule has 0 unspecified atom stereocenters. The quantitative estimate of drug-likeness (QED) is 0.615. The molecule has 146 valence electrons. The van der Waals surface area contributed by atoms with Crippen molar-refractivity contribution in [2.45, 2.75) is 19.6 Å². The predicted molar refractivity (Wildman–Crippen MR) is 103 cm³/mol. The summed E-state index contributed by atoms with van der Waals surface area (Å²) in [5.74, 6) is 0.358. The summed E-state index contributed by atoms with van der Waals surface area (Å²) >= 11 is 1.26. The van der Waals surface area contributed by atoms with Gasteiger partial charge in [0, 0.05) is 13.2 Å². The second-order valence-electron chi connectivity index (χ2n) is 6.16. The van der Waals surface area contributed by atoms with Crippen LogP contribution < -0.4 is 14.3 Å². The molecule has 8 heteroatoms.